The molecule has 1 aromatic carbocycles. The maximum atomic E-state index is 13.3. The van der Waals surface area contributed by atoms with Gasteiger partial charge in [-0.1, -0.05) is 12.1 Å². The summed E-state index contributed by atoms with van der Waals surface area (Å²) in [4.78, 5) is 26.2. The van der Waals surface area contributed by atoms with E-state index in [9.17, 15) is 18.0 Å². The first-order valence-corrected chi connectivity index (χ1v) is 11.5. The highest BCUT2D eigenvalue weighted by Crippen LogP contribution is 2.39. The number of piperidine rings is 1. The van der Waals surface area contributed by atoms with Crippen LogP contribution in [0.25, 0.3) is 0 Å². The van der Waals surface area contributed by atoms with E-state index in [1.165, 1.54) is 17.4 Å². The number of nitrogens with zero attached hydrogens (tertiary/aromatic N) is 2. The lowest BCUT2D eigenvalue weighted by Crippen LogP contribution is -2.54. The summed E-state index contributed by atoms with van der Waals surface area (Å²) in [5.74, 6) is -0.163. The van der Waals surface area contributed by atoms with Crippen molar-refractivity contribution >= 4 is 21.8 Å². The van der Waals surface area contributed by atoms with Crippen LogP contribution in [0.4, 0.5) is 0 Å². The molecular weight excluding hydrogens is 410 g/mol. The smallest absolute Gasteiger partial charge is 0.248 e. The fourth-order valence-corrected chi connectivity index (χ4v) is 5.49. The van der Waals surface area contributed by atoms with Gasteiger partial charge in [-0.2, -0.15) is 4.31 Å². The molecule has 9 nitrogen and oxygen atoms in total. The van der Waals surface area contributed by atoms with E-state index >= 15 is 0 Å². The van der Waals surface area contributed by atoms with Gasteiger partial charge in [-0.3, -0.25) is 9.59 Å². The Morgan fingerprint density at radius 3 is 2.60 bits per heavy atom. The molecule has 0 aliphatic carbocycles. The van der Waals surface area contributed by atoms with E-state index in [4.69, 9.17) is 9.47 Å². The molecule has 1 saturated heterocycles. The van der Waals surface area contributed by atoms with Crippen LogP contribution in [0.15, 0.2) is 29.2 Å². The highest BCUT2D eigenvalue weighted by Gasteiger charge is 2.44. The van der Waals surface area contributed by atoms with Crippen molar-refractivity contribution in [1.82, 2.24) is 14.5 Å². The molecule has 0 bridgehead atoms. The Hall–Kier alpha value is -2.17. The normalized spacial score (nSPS) is 20.5. The number of nitrogens with one attached hydrogen (secondary N) is 1. The van der Waals surface area contributed by atoms with Crippen molar-refractivity contribution in [2.45, 2.75) is 24.7 Å². The van der Waals surface area contributed by atoms with E-state index < -0.39 is 15.4 Å². The zero-order valence-electron chi connectivity index (χ0n) is 17.4. The second kappa shape index (κ2) is 9.32. The van der Waals surface area contributed by atoms with Crippen molar-refractivity contribution in [3.8, 4) is 5.75 Å². The van der Waals surface area contributed by atoms with Crippen molar-refractivity contribution in [2.75, 3.05) is 53.0 Å². The van der Waals surface area contributed by atoms with Gasteiger partial charge < -0.3 is 19.7 Å². The first-order chi connectivity index (χ1) is 14.3. The van der Waals surface area contributed by atoms with Crippen molar-refractivity contribution in [2.24, 2.45) is 5.41 Å². The number of carbonyl (C=O) groups is 2. The number of ether oxygens (including phenoxy) is 2. The predicted octanol–water partition coefficient (Wildman–Crippen LogP) is 0.461. The highest BCUT2D eigenvalue weighted by atomic mass is 32.2. The van der Waals surface area contributed by atoms with E-state index in [0.29, 0.717) is 39.1 Å². The van der Waals surface area contributed by atoms with Crippen LogP contribution in [0, 0.1) is 5.41 Å². The fourth-order valence-electron chi connectivity index (χ4n) is 3.85. The van der Waals surface area contributed by atoms with Crippen LogP contribution in [0.1, 0.15) is 19.8 Å². The third-order valence-electron chi connectivity index (χ3n) is 5.72. The number of benzene rings is 1. The van der Waals surface area contributed by atoms with Crippen molar-refractivity contribution in [3.63, 3.8) is 0 Å². The monoisotopic (exact) mass is 439 g/mol. The molecule has 2 aliphatic rings. The summed E-state index contributed by atoms with van der Waals surface area (Å²) in [6, 6.07) is 6.48. The molecule has 1 spiro atoms. The molecular formula is C20H29N3O6S. The number of hydrogen-bond acceptors (Lipinski definition) is 6. The Morgan fingerprint density at radius 2 is 1.93 bits per heavy atom. The highest BCUT2D eigenvalue weighted by molar-refractivity contribution is 7.89. The molecule has 3 rings (SSSR count). The fraction of sp³-hybridized carbons (Fsp3) is 0.600. The quantitative estimate of drug-likeness (QED) is 0.715. The summed E-state index contributed by atoms with van der Waals surface area (Å²) in [7, 11) is -2.44. The molecule has 1 aromatic rings. The Kier molecular flexibility index (Phi) is 6.99. The van der Waals surface area contributed by atoms with Crippen LogP contribution >= 0.6 is 0 Å². The van der Waals surface area contributed by atoms with Crippen LogP contribution in [0.3, 0.4) is 0 Å². The molecule has 0 radical (unpaired) electrons. The summed E-state index contributed by atoms with van der Waals surface area (Å²) in [6.45, 7) is 3.55. The number of hydrogen-bond donors (Lipinski definition) is 1. The van der Waals surface area contributed by atoms with Gasteiger partial charge in [0.25, 0.3) is 0 Å². The van der Waals surface area contributed by atoms with Gasteiger partial charge in [0.2, 0.25) is 21.8 Å². The van der Waals surface area contributed by atoms with Gasteiger partial charge in [0, 0.05) is 38.7 Å². The van der Waals surface area contributed by atoms with Gasteiger partial charge in [-0.05, 0) is 31.9 Å². The average Bonchev–Trinajstić information content (AvgIpc) is 2.75. The third kappa shape index (κ3) is 4.76. The van der Waals surface area contributed by atoms with Crippen LogP contribution in [-0.4, -0.2) is 82.5 Å². The van der Waals surface area contributed by atoms with Gasteiger partial charge in [-0.15, -0.1) is 0 Å². The lowest BCUT2D eigenvalue weighted by molar-refractivity contribution is -0.138. The molecule has 0 saturated carbocycles. The van der Waals surface area contributed by atoms with Crippen molar-refractivity contribution < 1.29 is 27.5 Å². The molecule has 0 atom stereocenters. The standard InChI is InChI=1S/C20H29N3O6S/c1-3-28-13-19(25)22-10-8-20(9-11-22)14-23(12-18(24)21-2)30(26,27)17-7-5-4-6-16(17)29-15-20/h4-7H,3,8-15H2,1-2H3,(H,21,24). The Balaban J connectivity index is 1.86. The number of carbonyl (C=O) groups excluding carboxylic acids is 2. The number of para-hydroxylation sites is 1. The zero-order valence-corrected chi connectivity index (χ0v) is 18.2. The van der Waals surface area contributed by atoms with Crippen LogP contribution in [0.5, 0.6) is 5.75 Å². The van der Waals surface area contributed by atoms with Crippen molar-refractivity contribution in [3.05, 3.63) is 24.3 Å². The number of amides is 2. The van der Waals surface area contributed by atoms with Gasteiger partial charge in [0.1, 0.15) is 17.3 Å². The van der Waals surface area contributed by atoms with Crippen molar-refractivity contribution in [1.29, 1.82) is 0 Å². The molecule has 166 valence electrons. The van der Waals surface area contributed by atoms with E-state index in [2.05, 4.69) is 5.32 Å². The first kappa shape index (κ1) is 22.5. The van der Waals surface area contributed by atoms with Gasteiger partial charge >= 0.3 is 0 Å². The van der Waals surface area contributed by atoms with Gasteiger partial charge in [0.15, 0.2) is 0 Å². The number of rotatable bonds is 5. The predicted molar refractivity (Wildman–Crippen MR) is 110 cm³/mol. The van der Waals surface area contributed by atoms with E-state index in [0.717, 1.165) is 0 Å². The molecule has 10 heteroatoms. The second-order valence-electron chi connectivity index (χ2n) is 7.70. The Labute approximate surface area is 177 Å². The number of sulfonamides is 1. The molecule has 1 N–H and O–H groups in total. The lowest BCUT2D eigenvalue weighted by Gasteiger charge is -2.44. The van der Waals surface area contributed by atoms with E-state index in [1.54, 1.807) is 23.1 Å². The third-order valence-corrected chi connectivity index (χ3v) is 7.55. The van der Waals surface area contributed by atoms with Crippen LogP contribution in [0.2, 0.25) is 0 Å². The maximum Gasteiger partial charge on any atom is 0.248 e. The SMILES string of the molecule is CCOCC(=O)N1CCC2(CC1)COc1ccccc1S(=O)(=O)N(CC(=O)NC)C2. The minimum Gasteiger partial charge on any atom is -0.492 e. The lowest BCUT2D eigenvalue weighted by atomic mass is 9.78. The molecule has 0 aromatic heterocycles. The van der Waals surface area contributed by atoms with Crippen LogP contribution in [-0.2, 0) is 24.3 Å². The molecule has 30 heavy (non-hydrogen) atoms. The summed E-state index contributed by atoms with van der Waals surface area (Å²) in [5.41, 5.74) is -0.489. The van der Waals surface area contributed by atoms with Gasteiger partial charge in [-0.25, -0.2) is 8.42 Å². The Bertz CT molecular complexity index is 880. The summed E-state index contributed by atoms with van der Waals surface area (Å²) >= 11 is 0. The topological polar surface area (TPSA) is 105 Å². The number of fused-ring (bicyclic) bond motifs is 1. The molecule has 2 heterocycles. The zero-order chi connectivity index (χ0) is 21.8. The van der Waals surface area contributed by atoms with E-state index in [-0.39, 0.29) is 42.2 Å². The molecule has 1 fully saturated rings. The number of likely N-dealkylation sites (N-methyl/N-ethyl adjacent to an activating group) is 1. The summed E-state index contributed by atoms with van der Waals surface area (Å²) < 4.78 is 39.1. The maximum absolute atomic E-state index is 13.3. The largest absolute Gasteiger partial charge is 0.492 e. The number of likely N-dealkylation sites (tertiary alicyclic amines) is 1. The minimum atomic E-state index is -3.92. The summed E-state index contributed by atoms with van der Waals surface area (Å²) in [5, 5.41) is 2.50. The minimum absolute atomic E-state index is 0.0462. The molecule has 2 aliphatic heterocycles. The molecule has 2 amide bonds. The second-order valence-corrected chi connectivity index (χ2v) is 9.61. The summed E-state index contributed by atoms with van der Waals surface area (Å²) in [6.07, 6.45) is 1.15. The first-order valence-electron chi connectivity index (χ1n) is 10.1. The van der Waals surface area contributed by atoms with Crippen LogP contribution < -0.4 is 10.1 Å². The molecule has 0 unspecified atom stereocenters. The average molecular weight is 440 g/mol. The Morgan fingerprint density at radius 1 is 1.23 bits per heavy atom. The van der Waals surface area contributed by atoms with Gasteiger partial charge in [0.05, 0.1) is 13.2 Å². The van der Waals surface area contributed by atoms with E-state index in [1.807, 2.05) is 6.92 Å².